The molecule has 0 aliphatic carbocycles. The SMILES string of the molecule is CCOc1c(C(C)=O)ccc(Cl)c1F. The molecule has 4 heteroatoms. The summed E-state index contributed by atoms with van der Waals surface area (Å²) in [5.41, 5.74) is 0.216. The molecule has 0 amide bonds. The molecule has 2 nitrogen and oxygen atoms in total. The van der Waals surface area contributed by atoms with Gasteiger partial charge in [0.2, 0.25) is 0 Å². The summed E-state index contributed by atoms with van der Waals surface area (Å²) in [5, 5.41) is -0.0431. The first-order valence-electron chi connectivity index (χ1n) is 4.19. The van der Waals surface area contributed by atoms with Crippen molar-refractivity contribution in [2.24, 2.45) is 0 Å². The molecule has 0 spiro atoms. The molecule has 0 radical (unpaired) electrons. The Hall–Kier alpha value is -1.09. The van der Waals surface area contributed by atoms with Crippen LogP contribution >= 0.6 is 11.6 Å². The highest BCUT2D eigenvalue weighted by molar-refractivity contribution is 6.31. The molecule has 0 aromatic heterocycles. The third-order valence-electron chi connectivity index (χ3n) is 1.72. The molecular formula is C10H10ClFO2. The van der Waals surface area contributed by atoms with E-state index in [0.717, 1.165) is 0 Å². The number of benzene rings is 1. The summed E-state index contributed by atoms with van der Waals surface area (Å²) in [4.78, 5) is 11.1. The first-order chi connectivity index (χ1) is 6.57. The number of carbonyl (C=O) groups is 1. The van der Waals surface area contributed by atoms with Crippen LogP contribution in [0.3, 0.4) is 0 Å². The van der Waals surface area contributed by atoms with Crippen LogP contribution in [-0.4, -0.2) is 12.4 Å². The summed E-state index contributed by atoms with van der Waals surface area (Å²) >= 11 is 5.56. The van der Waals surface area contributed by atoms with Gasteiger partial charge in [0.1, 0.15) is 0 Å². The van der Waals surface area contributed by atoms with Crippen LogP contribution in [0.4, 0.5) is 4.39 Å². The van der Waals surface area contributed by atoms with Crippen LogP contribution < -0.4 is 4.74 Å². The zero-order chi connectivity index (χ0) is 10.7. The van der Waals surface area contributed by atoms with Crippen LogP contribution in [0.15, 0.2) is 12.1 Å². The van der Waals surface area contributed by atoms with Gasteiger partial charge >= 0.3 is 0 Å². The summed E-state index contributed by atoms with van der Waals surface area (Å²) in [6.45, 7) is 3.35. The predicted molar refractivity (Wildman–Crippen MR) is 52.6 cm³/mol. The smallest absolute Gasteiger partial charge is 0.184 e. The van der Waals surface area contributed by atoms with Crippen molar-refractivity contribution in [2.45, 2.75) is 13.8 Å². The van der Waals surface area contributed by atoms with Crippen molar-refractivity contribution in [1.82, 2.24) is 0 Å². The monoisotopic (exact) mass is 216 g/mol. The quantitative estimate of drug-likeness (QED) is 0.726. The van der Waals surface area contributed by atoms with Crippen molar-refractivity contribution < 1.29 is 13.9 Å². The Morgan fingerprint density at radius 2 is 2.21 bits per heavy atom. The zero-order valence-electron chi connectivity index (χ0n) is 7.93. The van der Waals surface area contributed by atoms with Gasteiger partial charge in [0, 0.05) is 0 Å². The second kappa shape index (κ2) is 4.42. The summed E-state index contributed by atoms with van der Waals surface area (Å²) in [7, 11) is 0. The van der Waals surface area contributed by atoms with E-state index in [9.17, 15) is 9.18 Å². The highest BCUT2D eigenvalue weighted by Crippen LogP contribution is 2.29. The lowest BCUT2D eigenvalue weighted by atomic mass is 10.1. The number of rotatable bonds is 3. The summed E-state index contributed by atoms with van der Waals surface area (Å²) < 4.78 is 18.4. The summed E-state index contributed by atoms with van der Waals surface area (Å²) in [6.07, 6.45) is 0. The molecule has 1 aromatic rings. The van der Waals surface area contributed by atoms with Gasteiger partial charge in [-0.25, -0.2) is 4.39 Å². The van der Waals surface area contributed by atoms with Crippen molar-refractivity contribution in [3.8, 4) is 5.75 Å². The molecule has 0 bridgehead atoms. The number of halogens is 2. The van der Waals surface area contributed by atoms with Gasteiger partial charge in [-0.05, 0) is 26.0 Å². The van der Waals surface area contributed by atoms with Crippen LogP contribution in [0.1, 0.15) is 24.2 Å². The lowest BCUT2D eigenvalue weighted by Gasteiger charge is -2.09. The Labute approximate surface area is 86.6 Å². The largest absolute Gasteiger partial charge is 0.490 e. The molecule has 0 N–H and O–H groups in total. The topological polar surface area (TPSA) is 26.3 Å². The molecule has 0 saturated carbocycles. The van der Waals surface area contributed by atoms with Crippen molar-refractivity contribution >= 4 is 17.4 Å². The normalized spacial score (nSPS) is 10.0. The predicted octanol–water partition coefficient (Wildman–Crippen LogP) is 3.08. The fourth-order valence-corrected chi connectivity index (χ4v) is 1.24. The van der Waals surface area contributed by atoms with Crippen LogP contribution in [0.25, 0.3) is 0 Å². The molecule has 0 fully saturated rings. The Morgan fingerprint density at radius 1 is 1.57 bits per heavy atom. The van der Waals surface area contributed by atoms with E-state index >= 15 is 0 Å². The minimum absolute atomic E-state index is 0.0431. The van der Waals surface area contributed by atoms with Crippen LogP contribution in [0.5, 0.6) is 5.75 Å². The van der Waals surface area contributed by atoms with E-state index in [-0.39, 0.29) is 28.7 Å². The third-order valence-corrected chi connectivity index (χ3v) is 2.01. The fourth-order valence-electron chi connectivity index (χ4n) is 1.09. The first kappa shape index (κ1) is 11.0. The lowest BCUT2D eigenvalue weighted by Crippen LogP contribution is -2.03. The van der Waals surface area contributed by atoms with Gasteiger partial charge in [0.25, 0.3) is 0 Å². The third kappa shape index (κ3) is 2.04. The van der Waals surface area contributed by atoms with Gasteiger partial charge in [0.15, 0.2) is 17.3 Å². The van der Waals surface area contributed by atoms with Crippen LogP contribution in [-0.2, 0) is 0 Å². The number of hydrogen-bond donors (Lipinski definition) is 0. The van der Waals surface area contributed by atoms with E-state index in [1.165, 1.54) is 19.1 Å². The van der Waals surface area contributed by atoms with Gasteiger partial charge in [-0.15, -0.1) is 0 Å². The van der Waals surface area contributed by atoms with E-state index in [1.54, 1.807) is 6.92 Å². The van der Waals surface area contributed by atoms with Crippen LogP contribution in [0.2, 0.25) is 5.02 Å². The molecule has 0 unspecified atom stereocenters. The van der Waals surface area contributed by atoms with Gasteiger partial charge in [-0.1, -0.05) is 11.6 Å². The van der Waals surface area contributed by atoms with Crippen molar-refractivity contribution in [3.63, 3.8) is 0 Å². The van der Waals surface area contributed by atoms with Gasteiger partial charge in [0.05, 0.1) is 17.2 Å². The summed E-state index contributed by atoms with van der Waals surface area (Å²) in [6, 6.07) is 2.80. The number of ether oxygens (including phenoxy) is 1. The molecule has 76 valence electrons. The molecular weight excluding hydrogens is 207 g/mol. The molecule has 1 aromatic carbocycles. The van der Waals surface area contributed by atoms with Crippen molar-refractivity contribution in [3.05, 3.63) is 28.5 Å². The Balaban J connectivity index is 3.29. The maximum atomic E-state index is 13.4. The van der Waals surface area contributed by atoms with E-state index < -0.39 is 5.82 Å². The number of ketones is 1. The van der Waals surface area contributed by atoms with Crippen molar-refractivity contribution in [2.75, 3.05) is 6.61 Å². The molecule has 14 heavy (non-hydrogen) atoms. The molecule has 1 rings (SSSR count). The second-order valence-corrected chi connectivity index (χ2v) is 3.13. The highest BCUT2D eigenvalue weighted by Gasteiger charge is 2.16. The lowest BCUT2D eigenvalue weighted by molar-refractivity contribution is 0.101. The van der Waals surface area contributed by atoms with Crippen molar-refractivity contribution in [1.29, 1.82) is 0 Å². The van der Waals surface area contributed by atoms with Gasteiger partial charge in [-0.2, -0.15) is 0 Å². The Kier molecular flexibility index (Phi) is 3.47. The van der Waals surface area contributed by atoms with E-state index in [2.05, 4.69) is 0 Å². The first-order valence-corrected chi connectivity index (χ1v) is 4.57. The average Bonchev–Trinajstić information content (AvgIpc) is 2.13. The molecule has 0 aliphatic rings. The molecule has 0 aliphatic heterocycles. The number of carbonyl (C=O) groups excluding carboxylic acids is 1. The molecule has 0 atom stereocenters. The van der Waals surface area contributed by atoms with E-state index in [4.69, 9.17) is 16.3 Å². The Morgan fingerprint density at radius 3 is 2.71 bits per heavy atom. The van der Waals surface area contributed by atoms with Crippen LogP contribution in [0, 0.1) is 5.82 Å². The van der Waals surface area contributed by atoms with Gasteiger partial charge < -0.3 is 4.74 Å². The zero-order valence-corrected chi connectivity index (χ0v) is 8.69. The minimum atomic E-state index is -0.679. The number of hydrogen-bond acceptors (Lipinski definition) is 2. The number of Topliss-reactive ketones (excluding diaryl/α,β-unsaturated/α-hetero) is 1. The minimum Gasteiger partial charge on any atom is -0.490 e. The summed E-state index contributed by atoms with van der Waals surface area (Å²) in [5.74, 6) is -0.988. The highest BCUT2D eigenvalue weighted by atomic mass is 35.5. The average molecular weight is 217 g/mol. The standard InChI is InChI=1S/C10H10ClFO2/c1-3-14-10-7(6(2)13)4-5-8(11)9(10)12/h4-5H,3H2,1-2H3. The second-order valence-electron chi connectivity index (χ2n) is 2.73. The van der Waals surface area contributed by atoms with Gasteiger partial charge in [-0.3, -0.25) is 4.79 Å². The van der Waals surface area contributed by atoms with E-state index in [0.29, 0.717) is 0 Å². The maximum Gasteiger partial charge on any atom is 0.184 e. The Bertz CT molecular complexity index is 363. The fraction of sp³-hybridized carbons (Fsp3) is 0.300. The maximum absolute atomic E-state index is 13.4. The molecule has 0 saturated heterocycles. The van der Waals surface area contributed by atoms with E-state index in [1.807, 2.05) is 0 Å². The molecule has 0 heterocycles.